The fourth-order valence-corrected chi connectivity index (χ4v) is 3.16. The van der Waals surface area contributed by atoms with E-state index in [4.69, 9.17) is 9.15 Å². The van der Waals surface area contributed by atoms with E-state index in [-0.39, 0.29) is 17.8 Å². The summed E-state index contributed by atoms with van der Waals surface area (Å²) in [6, 6.07) is 14.7. The SMILES string of the molecule is Cc1ccc(Cc2nnc(SCC(=O)Nc3cccc(C(=O)OC(C)C)c3)o2)cc1. The third-order valence-electron chi connectivity index (χ3n) is 3.98. The van der Waals surface area contributed by atoms with E-state index >= 15 is 0 Å². The third kappa shape index (κ3) is 6.45. The molecule has 0 unspecified atom stereocenters. The Balaban J connectivity index is 1.51. The maximum Gasteiger partial charge on any atom is 0.338 e. The van der Waals surface area contributed by atoms with E-state index in [1.54, 1.807) is 38.1 Å². The fourth-order valence-electron chi connectivity index (χ4n) is 2.58. The van der Waals surface area contributed by atoms with Crippen molar-refractivity contribution in [1.29, 1.82) is 0 Å². The summed E-state index contributed by atoms with van der Waals surface area (Å²) < 4.78 is 10.8. The standard InChI is InChI=1S/C22H23N3O4S/c1-14(2)28-21(27)17-5-4-6-18(12-17)23-19(26)13-30-22-25-24-20(29-22)11-16-9-7-15(3)8-10-16/h4-10,12,14H,11,13H2,1-3H3,(H,23,26). The molecular weight excluding hydrogens is 402 g/mol. The number of carbonyl (C=O) groups excluding carboxylic acids is 2. The van der Waals surface area contributed by atoms with Crippen molar-refractivity contribution in [1.82, 2.24) is 10.2 Å². The highest BCUT2D eigenvalue weighted by molar-refractivity contribution is 7.99. The molecule has 0 bridgehead atoms. The summed E-state index contributed by atoms with van der Waals surface area (Å²) >= 11 is 1.16. The number of ether oxygens (including phenoxy) is 1. The Morgan fingerprint density at radius 1 is 1.13 bits per heavy atom. The van der Waals surface area contributed by atoms with Crippen LogP contribution < -0.4 is 5.32 Å². The molecule has 0 saturated carbocycles. The van der Waals surface area contributed by atoms with Crippen LogP contribution in [0.3, 0.4) is 0 Å². The molecule has 1 N–H and O–H groups in total. The molecule has 7 nitrogen and oxygen atoms in total. The van der Waals surface area contributed by atoms with Crippen molar-refractivity contribution in [3.05, 3.63) is 71.1 Å². The van der Waals surface area contributed by atoms with Gasteiger partial charge in [0, 0.05) is 5.69 Å². The molecule has 0 aliphatic rings. The Morgan fingerprint density at radius 3 is 2.63 bits per heavy atom. The second kappa shape index (κ2) is 10.1. The number of anilines is 1. The second-order valence-electron chi connectivity index (χ2n) is 7.00. The smallest absolute Gasteiger partial charge is 0.338 e. The Bertz CT molecular complexity index is 1020. The third-order valence-corrected chi connectivity index (χ3v) is 4.79. The first-order chi connectivity index (χ1) is 14.4. The van der Waals surface area contributed by atoms with Gasteiger partial charge < -0.3 is 14.5 Å². The predicted molar refractivity (Wildman–Crippen MR) is 115 cm³/mol. The molecule has 1 aromatic heterocycles. The van der Waals surface area contributed by atoms with Crippen molar-refractivity contribution in [2.24, 2.45) is 0 Å². The van der Waals surface area contributed by atoms with Crippen molar-refractivity contribution in [2.45, 2.75) is 38.5 Å². The Labute approximate surface area is 179 Å². The summed E-state index contributed by atoms with van der Waals surface area (Å²) in [5, 5.41) is 11.1. The molecule has 3 aromatic rings. The summed E-state index contributed by atoms with van der Waals surface area (Å²) in [4.78, 5) is 24.2. The van der Waals surface area contributed by atoms with E-state index in [0.29, 0.717) is 28.8 Å². The maximum atomic E-state index is 12.2. The summed E-state index contributed by atoms with van der Waals surface area (Å²) in [6.07, 6.45) is 0.330. The highest BCUT2D eigenvalue weighted by atomic mass is 32.2. The zero-order chi connectivity index (χ0) is 21.5. The number of nitrogens with one attached hydrogen (secondary N) is 1. The molecule has 8 heteroatoms. The number of carbonyl (C=O) groups is 2. The van der Waals surface area contributed by atoms with Gasteiger partial charge in [-0.25, -0.2) is 4.79 Å². The van der Waals surface area contributed by atoms with Crippen LogP contribution >= 0.6 is 11.8 Å². The average Bonchev–Trinajstić information content (AvgIpc) is 3.15. The van der Waals surface area contributed by atoms with Crippen molar-refractivity contribution in [3.63, 3.8) is 0 Å². The van der Waals surface area contributed by atoms with E-state index in [0.717, 1.165) is 17.3 Å². The lowest BCUT2D eigenvalue weighted by Crippen LogP contribution is -2.15. The predicted octanol–water partition coefficient (Wildman–Crippen LogP) is 4.26. The van der Waals surface area contributed by atoms with Crippen LogP contribution in [0, 0.1) is 6.92 Å². The number of hydrogen-bond donors (Lipinski definition) is 1. The first-order valence-corrected chi connectivity index (χ1v) is 10.5. The largest absolute Gasteiger partial charge is 0.459 e. The lowest BCUT2D eigenvalue weighted by Gasteiger charge is -2.09. The topological polar surface area (TPSA) is 94.3 Å². The number of thioether (sulfide) groups is 1. The van der Waals surface area contributed by atoms with E-state index in [2.05, 4.69) is 15.5 Å². The van der Waals surface area contributed by atoms with E-state index in [1.165, 1.54) is 5.56 Å². The molecular formula is C22H23N3O4S. The van der Waals surface area contributed by atoms with Crippen LogP contribution in [0.5, 0.6) is 0 Å². The van der Waals surface area contributed by atoms with Gasteiger partial charge in [0.1, 0.15) is 0 Å². The van der Waals surface area contributed by atoms with Gasteiger partial charge in [-0.3, -0.25) is 4.79 Å². The summed E-state index contributed by atoms with van der Waals surface area (Å²) in [7, 11) is 0. The molecule has 0 radical (unpaired) electrons. The van der Waals surface area contributed by atoms with E-state index in [1.807, 2.05) is 31.2 Å². The number of esters is 1. The monoisotopic (exact) mass is 425 g/mol. The minimum atomic E-state index is -0.428. The molecule has 0 spiro atoms. The van der Waals surface area contributed by atoms with Crippen LogP contribution in [0.4, 0.5) is 5.69 Å². The van der Waals surface area contributed by atoms with Crippen molar-refractivity contribution < 1.29 is 18.7 Å². The Kier molecular flexibility index (Phi) is 7.24. The zero-order valence-corrected chi connectivity index (χ0v) is 17.9. The first-order valence-electron chi connectivity index (χ1n) is 9.50. The van der Waals surface area contributed by atoms with Crippen LogP contribution in [0.25, 0.3) is 0 Å². The van der Waals surface area contributed by atoms with Crippen LogP contribution in [-0.4, -0.2) is 33.9 Å². The lowest BCUT2D eigenvalue weighted by molar-refractivity contribution is -0.113. The number of benzene rings is 2. The minimum Gasteiger partial charge on any atom is -0.459 e. The number of nitrogens with zero attached hydrogens (tertiary/aromatic N) is 2. The van der Waals surface area contributed by atoms with Gasteiger partial charge in [-0.15, -0.1) is 10.2 Å². The number of aryl methyl sites for hydroxylation is 1. The molecule has 156 valence electrons. The van der Waals surface area contributed by atoms with Crippen LogP contribution in [0.1, 0.15) is 41.2 Å². The Morgan fingerprint density at radius 2 is 1.90 bits per heavy atom. The van der Waals surface area contributed by atoms with Crippen LogP contribution in [0.2, 0.25) is 0 Å². The van der Waals surface area contributed by atoms with Gasteiger partial charge in [0.15, 0.2) is 0 Å². The highest BCUT2D eigenvalue weighted by Gasteiger charge is 2.13. The van der Waals surface area contributed by atoms with Crippen molar-refractivity contribution in [2.75, 3.05) is 11.1 Å². The highest BCUT2D eigenvalue weighted by Crippen LogP contribution is 2.19. The summed E-state index contributed by atoms with van der Waals surface area (Å²) in [5.41, 5.74) is 3.17. The Hall–Kier alpha value is -3.13. The van der Waals surface area contributed by atoms with Crippen molar-refractivity contribution in [3.8, 4) is 0 Å². The van der Waals surface area contributed by atoms with Crippen molar-refractivity contribution >= 4 is 29.3 Å². The van der Waals surface area contributed by atoms with Crippen LogP contribution in [0.15, 0.2) is 58.2 Å². The molecule has 2 aromatic carbocycles. The minimum absolute atomic E-state index is 0.104. The number of aromatic nitrogens is 2. The molecule has 1 amide bonds. The second-order valence-corrected chi connectivity index (χ2v) is 7.92. The average molecular weight is 426 g/mol. The van der Waals surface area contributed by atoms with Crippen LogP contribution in [-0.2, 0) is 16.0 Å². The normalized spacial score (nSPS) is 10.8. The summed E-state index contributed by atoms with van der Waals surface area (Å²) in [6.45, 7) is 5.60. The molecule has 3 rings (SSSR count). The molecule has 1 heterocycles. The van der Waals surface area contributed by atoms with Gasteiger partial charge in [-0.1, -0.05) is 47.7 Å². The van der Waals surface area contributed by atoms with Gasteiger partial charge in [0.05, 0.1) is 23.8 Å². The first kappa shape index (κ1) is 21.6. The maximum absolute atomic E-state index is 12.2. The lowest BCUT2D eigenvalue weighted by atomic mass is 10.1. The summed E-state index contributed by atoms with van der Waals surface area (Å²) in [5.74, 6) is -0.0689. The van der Waals surface area contributed by atoms with E-state index < -0.39 is 5.97 Å². The molecule has 0 aliphatic carbocycles. The van der Waals surface area contributed by atoms with Gasteiger partial charge in [0.25, 0.3) is 5.22 Å². The quantitative estimate of drug-likeness (QED) is 0.425. The number of amides is 1. The molecule has 30 heavy (non-hydrogen) atoms. The zero-order valence-electron chi connectivity index (χ0n) is 17.0. The van der Waals surface area contributed by atoms with Gasteiger partial charge in [0.2, 0.25) is 11.8 Å². The molecule has 0 aliphatic heterocycles. The molecule has 0 saturated heterocycles. The van der Waals surface area contributed by atoms with E-state index in [9.17, 15) is 9.59 Å². The van der Waals surface area contributed by atoms with Gasteiger partial charge >= 0.3 is 5.97 Å². The fraction of sp³-hybridized carbons (Fsp3) is 0.273. The van der Waals surface area contributed by atoms with Gasteiger partial charge in [-0.05, 0) is 44.5 Å². The number of rotatable bonds is 8. The molecule has 0 fully saturated rings. The molecule has 0 atom stereocenters. The van der Waals surface area contributed by atoms with Gasteiger partial charge in [-0.2, -0.15) is 0 Å². The number of hydrogen-bond acceptors (Lipinski definition) is 7.